The van der Waals surface area contributed by atoms with E-state index in [4.69, 9.17) is 15.9 Å². The van der Waals surface area contributed by atoms with Crippen molar-refractivity contribution in [1.82, 2.24) is 0 Å². The van der Waals surface area contributed by atoms with Crippen molar-refractivity contribution in [2.75, 3.05) is 43.1 Å². The summed E-state index contributed by atoms with van der Waals surface area (Å²) in [4.78, 5) is 14.7. The number of terminal acetylenes is 1. The second-order valence-corrected chi connectivity index (χ2v) is 6.33. The number of carbonyl (C=O) groups is 1. The van der Waals surface area contributed by atoms with Gasteiger partial charge in [0, 0.05) is 24.5 Å². The van der Waals surface area contributed by atoms with E-state index >= 15 is 0 Å². The van der Waals surface area contributed by atoms with E-state index in [2.05, 4.69) is 16.1 Å². The van der Waals surface area contributed by atoms with Crippen LogP contribution >= 0.6 is 0 Å². The van der Waals surface area contributed by atoms with E-state index in [-0.39, 0.29) is 12.2 Å². The van der Waals surface area contributed by atoms with E-state index in [0.29, 0.717) is 30.2 Å². The molecule has 0 spiro atoms. The van der Waals surface area contributed by atoms with Crippen molar-refractivity contribution >= 4 is 23.4 Å². The van der Waals surface area contributed by atoms with Gasteiger partial charge in [0.2, 0.25) is 0 Å². The quantitative estimate of drug-likeness (QED) is 0.468. The highest BCUT2D eigenvalue weighted by atomic mass is 16.5. The van der Waals surface area contributed by atoms with Crippen LogP contribution in [-0.2, 0) is 9.53 Å². The SMILES string of the molecule is C#CCOc1ccc(C=C(C#N)C(=O)Nc2ccc(N3CCOCC3)cc2)cc1. The lowest BCUT2D eigenvalue weighted by atomic mass is 10.1. The van der Waals surface area contributed by atoms with E-state index < -0.39 is 5.91 Å². The van der Waals surface area contributed by atoms with Gasteiger partial charge in [-0.15, -0.1) is 6.42 Å². The minimum atomic E-state index is -0.459. The molecule has 1 amide bonds. The molecule has 0 atom stereocenters. The van der Waals surface area contributed by atoms with Crippen LogP contribution in [0.25, 0.3) is 6.08 Å². The van der Waals surface area contributed by atoms with Crippen LogP contribution in [0, 0.1) is 23.7 Å². The molecule has 0 aromatic heterocycles. The zero-order chi connectivity index (χ0) is 20.5. The predicted molar refractivity (Wildman–Crippen MR) is 112 cm³/mol. The molecule has 3 rings (SSSR count). The van der Waals surface area contributed by atoms with Gasteiger partial charge in [-0.05, 0) is 48.0 Å². The van der Waals surface area contributed by atoms with Crippen molar-refractivity contribution in [2.45, 2.75) is 0 Å². The first-order valence-corrected chi connectivity index (χ1v) is 9.22. The van der Waals surface area contributed by atoms with Crippen molar-refractivity contribution in [3.63, 3.8) is 0 Å². The standard InChI is InChI=1S/C23H21N3O3/c1-2-13-29-22-9-3-18(4-10-22)16-19(17-24)23(27)25-20-5-7-21(8-6-20)26-11-14-28-15-12-26/h1,3-10,16H,11-15H2,(H,25,27). The third kappa shape index (κ3) is 5.62. The number of nitriles is 1. The number of nitrogens with one attached hydrogen (secondary N) is 1. The molecule has 1 aliphatic heterocycles. The highest BCUT2D eigenvalue weighted by Crippen LogP contribution is 2.20. The van der Waals surface area contributed by atoms with Gasteiger partial charge in [-0.25, -0.2) is 0 Å². The van der Waals surface area contributed by atoms with Crippen LogP contribution < -0.4 is 15.0 Å². The molecule has 1 aliphatic rings. The van der Waals surface area contributed by atoms with E-state index in [1.54, 1.807) is 24.3 Å². The monoisotopic (exact) mass is 387 g/mol. The Balaban J connectivity index is 1.64. The van der Waals surface area contributed by atoms with Crippen molar-refractivity contribution in [3.05, 3.63) is 59.7 Å². The van der Waals surface area contributed by atoms with E-state index in [0.717, 1.165) is 18.8 Å². The average Bonchev–Trinajstić information content (AvgIpc) is 2.78. The minimum absolute atomic E-state index is 0.0135. The van der Waals surface area contributed by atoms with Crippen LogP contribution in [0.3, 0.4) is 0 Å². The Labute approximate surface area is 170 Å². The number of nitrogens with zero attached hydrogens (tertiary/aromatic N) is 2. The number of hydrogen-bond donors (Lipinski definition) is 1. The zero-order valence-corrected chi connectivity index (χ0v) is 15.9. The van der Waals surface area contributed by atoms with Crippen molar-refractivity contribution < 1.29 is 14.3 Å². The van der Waals surface area contributed by atoms with E-state index in [9.17, 15) is 10.1 Å². The molecule has 6 nitrogen and oxygen atoms in total. The molecule has 2 aromatic rings. The minimum Gasteiger partial charge on any atom is -0.481 e. The van der Waals surface area contributed by atoms with Gasteiger partial charge in [-0.1, -0.05) is 18.1 Å². The fourth-order valence-corrected chi connectivity index (χ4v) is 2.88. The molecule has 1 fully saturated rings. The van der Waals surface area contributed by atoms with Crippen LogP contribution in [-0.4, -0.2) is 38.8 Å². The maximum absolute atomic E-state index is 12.5. The summed E-state index contributed by atoms with van der Waals surface area (Å²) in [6, 6.07) is 16.5. The Morgan fingerprint density at radius 3 is 2.48 bits per heavy atom. The number of ether oxygens (including phenoxy) is 2. The Kier molecular flexibility index (Phi) is 6.89. The number of rotatable bonds is 6. The summed E-state index contributed by atoms with van der Waals surface area (Å²) in [7, 11) is 0. The average molecular weight is 387 g/mol. The molecular formula is C23H21N3O3. The summed E-state index contributed by atoms with van der Waals surface area (Å²) in [5, 5.41) is 12.1. The fraction of sp³-hybridized carbons (Fsp3) is 0.217. The molecule has 1 N–H and O–H groups in total. The first kappa shape index (κ1) is 20.0. The molecule has 0 radical (unpaired) electrons. The Hall–Kier alpha value is -3.74. The van der Waals surface area contributed by atoms with Gasteiger partial charge in [0.1, 0.15) is 24.0 Å². The van der Waals surface area contributed by atoms with Gasteiger partial charge in [0.05, 0.1) is 13.2 Å². The first-order valence-electron chi connectivity index (χ1n) is 9.22. The summed E-state index contributed by atoms with van der Waals surface area (Å²) in [5.74, 6) is 2.56. The smallest absolute Gasteiger partial charge is 0.266 e. The number of amides is 1. The molecule has 1 saturated heterocycles. The maximum atomic E-state index is 12.5. The van der Waals surface area contributed by atoms with Crippen LogP contribution in [0.4, 0.5) is 11.4 Å². The summed E-state index contributed by atoms with van der Waals surface area (Å²) in [6.45, 7) is 3.31. The second-order valence-electron chi connectivity index (χ2n) is 6.33. The molecular weight excluding hydrogens is 366 g/mol. The second kappa shape index (κ2) is 9.98. The number of carbonyl (C=O) groups excluding carboxylic acids is 1. The van der Waals surface area contributed by atoms with Gasteiger partial charge in [-0.2, -0.15) is 5.26 Å². The summed E-state index contributed by atoms with van der Waals surface area (Å²) in [5.41, 5.74) is 2.44. The fourth-order valence-electron chi connectivity index (χ4n) is 2.88. The largest absolute Gasteiger partial charge is 0.481 e. The lowest BCUT2D eigenvalue weighted by molar-refractivity contribution is -0.112. The normalized spacial score (nSPS) is 13.9. The highest BCUT2D eigenvalue weighted by Gasteiger charge is 2.12. The lowest BCUT2D eigenvalue weighted by Crippen LogP contribution is -2.36. The van der Waals surface area contributed by atoms with Crippen LogP contribution in [0.2, 0.25) is 0 Å². The van der Waals surface area contributed by atoms with Crippen LogP contribution in [0.15, 0.2) is 54.1 Å². The van der Waals surface area contributed by atoms with Crippen molar-refractivity contribution in [2.24, 2.45) is 0 Å². The van der Waals surface area contributed by atoms with Crippen LogP contribution in [0.1, 0.15) is 5.56 Å². The molecule has 0 aliphatic carbocycles. The van der Waals surface area contributed by atoms with Gasteiger partial charge in [-0.3, -0.25) is 4.79 Å². The topological polar surface area (TPSA) is 74.6 Å². The molecule has 0 unspecified atom stereocenters. The van der Waals surface area contributed by atoms with Gasteiger partial charge >= 0.3 is 0 Å². The number of morpholine rings is 1. The molecule has 146 valence electrons. The summed E-state index contributed by atoms with van der Waals surface area (Å²) < 4.78 is 10.7. The van der Waals surface area contributed by atoms with Gasteiger partial charge in [0.25, 0.3) is 5.91 Å². The Morgan fingerprint density at radius 1 is 1.17 bits per heavy atom. The molecule has 0 saturated carbocycles. The third-order valence-electron chi connectivity index (χ3n) is 4.38. The zero-order valence-electron chi connectivity index (χ0n) is 15.9. The highest BCUT2D eigenvalue weighted by molar-refractivity contribution is 6.09. The number of hydrogen-bond acceptors (Lipinski definition) is 5. The molecule has 29 heavy (non-hydrogen) atoms. The third-order valence-corrected chi connectivity index (χ3v) is 4.38. The molecule has 0 bridgehead atoms. The molecule has 2 aromatic carbocycles. The number of anilines is 2. The van der Waals surface area contributed by atoms with Gasteiger partial charge < -0.3 is 19.7 Å². The Bertz CT molecular complexity index is 945. The van der Waals surface area contributed by atoms with E-state index in [1.165, 1.54) is 6.08 Å². The molecule has 6 heteroatoms. The summed E-state index contributed by atoms with van der Waals surface area (Å²) >= 11 is 0. The maximum Gasteiger partial charge on any atom is 0.266 e. The van der Waals surface area contributed by atoms with Crippen molar-refractivity contribution in [3.8, 4) is 24.2 Å². The van der Waals surface area contributed by atoms with E-state index in [1.807, 2.05) is 30.3 Å². The Morgan fingerprint density at radius 2 is 1.86 bits per heavy atom. The first-order chi connectivity index (χ1) is 14.2. The van der Waals surface area contributed by atoms with Gasteiger partial charge in [0.15, 0.2) is 0 Å². The lowest BCUT2D eigenvalue weighted by Gasteiger charge is -2.28. The molecule has 1 heterocycles. The van der Waals surface area contributed by atoms with Crippen molar-refractivity contribution in [1.29, 1.82) is 5.26 Å². The van der Waals surface area contributed by atoms with Crippen LogP contribution in [0.5, 0.6) is 5.75 Å². The number of benzene rings is 2. The summed E-state index contributed by atoms with van der Waals surface area (Å²) in [6.07, 6.45) is 6.69. The predicted octanol–water partition coefficient (Wildman–Crippen LogP) is 3.08.